The van der Waals surface area contributed by atoms with Gasteiger partial charge < -0.3 is 5.11 Å². The molecule has 0 bridgehead atoms. The third kappa shape index (κ3) is 2.57. The van der Waals surface area contributed by atoms with Gasteiger partial charge in [-0.15, -0.1) is 13.2 Å². The Bertz CT molecular complexity index is 342. The largest absolute Gasteiger partial charge is 0.385 e. The molecule has 1 rings (SSSR count). The summed E-state index contributed by atoms with van der Waals surface area (Å²) in [5.74, 6) is 0. The van der Waals surface area contributed by atoms with Gasteiger partial charge in [-0.2, -0.15) is 0 Å². The van der Waals surface area contributed by atoms with Gasteiger partial charge in [0.05, 0.1) is 5.60 Å². The molecule has 0 aliphatic rings. The molecule has 0 aliphatic heterocycles. The summed E-state index contributed by atoms with van der Waals surface area (Å²) in [6, 6.07) is 7.88. The second-order valence-corrected chi connectivity index (χ2v) is 3.83. The Balaban J connectivity index is 3.13. The Morgan fingerprint density at radius 1 is 1.20 bits per heavy atom. The van der Waals surface area contributed by atoms with Crippen LogP contribution < -0.4 is 0 Å². The summed E-state index contributed by atoms with van der Waals surface area (Å²) in [4.78, 5) is 0. The molecular weight excluding hydrogens is 184 g/mol. The van der Waals surface area contributed by atoms with E-state index in [9.17, 15) is 5.11 Å². The van der Waals surface area contributed by atoms with Crippen LogP contribution in [0.5, 0.6) is 0 Å². The lowest BCUT2D eigenvalue weighted by Gasteiger charge is -2.27. The molecule has 1 aromatic carbocycles. The number of benzene rings is 1. The molecule has 0 saturated carbocycles. The van der Waals surface area contributed by atoms with E-state index in [-0.39, 0.29) is 0 Å². The highest BCUT2D eigenvalue weighted by Crippen LogP contribution is 2.31. The predicted molar refractivity (Wildman–Crippen MR) is 64.7 cm³/mol. The number of aliphatic hydroxyl groups is 1. The monoisotopic (exact) mass is 202 g/mol. The number of rotatable bonds is 5. The van der Waals surface area contributed by atoms with E-state index in [1.165, 1.54) is 0 Å². The van der Waals surface area contributed by atoms with Crippen LogP contribution in [0.15, 0.2) is 49.6 Å². The first-order valence-electron chi connectivity index (χ1n) is 5.14. The van der Waals surface area contributed by atoms with Gasteiger partial charge in [0, 0.05) is 0 Å². The fourth-order valence-electron chi connectivity index (χ4n) is 1.88. The molecule has 1 nitrogen and oxygen atoms in total. The molecule has 0 amide bonds. The molecular formula is C14H18O. The second-order valence-electron chi connectivity index (χ2n) is 3.83. The molecule has 0 radical (unpaired) electrons. The van der Waals surface area contributed by atoms with Crippen LogP contribution >= 0.6 is 0 Å². The third-order valence-electron chi connectivity index (χ3n) is 2.61. The number of hydrogen-bond acceptors (Lipinski definition) is 1. The van der Waals surface area contributed by atoms with Gasteiger partial charge in [0.1, 0.15) is 0 Å². The molecule has 0 fully saturated rings. The Labute approximate surface area is 91.8 Å². The molecule has 0 saturated heterocycles. The van der Waals surface area contributed by atoms with E-state index in [1.807, 2.05) is 31.2 Å². The minimum Gasteiger partial charge on any atom is -0.385 e. The van der Waals surface area contributed by atoms with Crippen LogP contribution in [0.4, 0.5) is 0 Å². The van der Waals surface area contributed by atoms with Gasteiger partial charge >= 0.3 is 0 Å². The summed E-state index contributed by atoms with van der Waals surface area (Å²) in [7, 11) is 0. The van der Waals surface area contributed by atoms with E-state index in [2.05, 4.69) is 13.2 Å². The molecule has 80 valence electrons. The fraction of sp³-hybridized carbons (Fsp3) is 0.286. The van der Waals surface area contributed by atoms with Crippen LogP contribution in [0.1, 0.15) is 24.0 Å². The summed E-state index contributed by atoms with van der Waals surface area (Å²) < 4.78 is 0. The van der Waals surface area contributed by atoms with Crippen molar-refractivity contribution in [3.63, 3.8) is 0 Å². The first-order chi connectivity index (χ1) is 7.14. The normalized spacial score (nSPS) is 11.1. The van der Waals surface area contributed by atoms with E-state index >= 15 is 0 Å². The first kappa shape index (κ1) is 11.7. The summed E-state index contributed by atoms with van der Waals surface area (Å²) >= 11 is 0. The quantitative estimate of drug-likeness (QED) is 0.726. The van der Waals surface area contributed by atoms with E-state index < -0.39 is 5.60 Å². The SMILES string of the molecule is C=CCC(O)(CC=C)c1ccccc1C. The molecule has 0 atom stereocenters. The maximum absolute atomic E-state index is 10.5. The molecule has 15 heavy (non-hydrogen) atoms. The first-order valence-corrected chi connectivity index (χ1v) is 5.14. The second kappa shape index (κ2) is 4.94. The Morgan fingerprint density at radius 3 is 2.20 bits per heavy atom. The van der Waals surface area contributed by atoms with E-state index in [4.69, 9.17) is 0 Å². The lowest BCUT2D eigenvalue weighted by molar-refractivity contribution is 0.0423. The number of hydrogen-bond donors (Lipinski definition) is 1. The van der Waals surface area contributed by atoms with Crippen LogP contribution in [-0.2, 0) is 5.60 Å². The minimum atomic E-state index is -0.852. The van der Waals surface area contributed by atoms with Crippen molar-refractivity contribution in [3.8, 4) is 0 Å². The maximum atomic E-state index is 10.5. The van der Waals surface area contributed by atoms with Crippen molar-refractivity contribution in [2.45, 2.75) is 25.4 Å². The lowest BCUT2D eigenvalue weighted by Crippen LogP contribution is -2.25. The van der Waals surface area contributed by atoms with Crippen molar-refractivity contribution in [2.75, 3.05) is 0 Å². The highest BCUT2D eigenvalue weighted by molar-refractivity contribution is 5.32. The van der Waals surface area contributed by atoms with Crippen LogP contribution in [0, 0.1) is 6.92 Å². The summed E-state index contributed by atoms with van der Waals surface area (Å²) in [6.45, 7) is 9.38. The summed E-state index contributed by atoms with van der Waals surface area (Å²) in [5.41, 5.74) is 1.21. The molecule has 1 aromatic rings. The summed E-state index contributed by atoms with van der Waals surface area (Å²) in [6.07, 6.45) is 4.58. The predicted octanol–water partition coefficient (Wildman–Crippen LogP) is 3.33. The standard InChI is InChI=1S/C14H18O/c1-4-10-14(15,11-5-2)13-9-7-6-8-12(13)3/h4-9,15H,1-2,10-11H2,3H3. The Kier molecular flexibility index (Phi) is 3.87. The van der Waals surface area contributed by atoms with E-state index in [0.29, 0.717) is 12.8 Å². The average Bonchev–Trinajstić information content (AvgIpc) is 2.19. The third-order valence-corrected chi connectivity index (χ3v) is 2.61. The van der Waals surface area contributed by atoms with E-state index in [1.54, 1.807) is 12.2 Å². The molecule has 0 unspecified atom stereocenters. The van der Waals surface area contributed by atoms with Gasteiger partial charge in [-0.1, -0.05) is 36.4 Å². The highest BCUT2D eigenvalue weighted by Gasteiger charge is 2.27. The molecule has 0 spiro atoms. The smallest absolute Gasteiger partial charge is 0.0967 e. The van der Waals surface area contributed by atoms with Crippen LogP contribution in [0.2, 0.25) is 0 Å². The zero-order valence-electron chi connectivity index (χ0n) is 9.24. The minimum absolute atomic E-state index is 0.546. The zero-order chi connectivity index (χ0) is 11.3. The van der Waals surface area contributed by atoms with Crippen molar-refractivity contribution in [1.29, 1.82) is 0 Å². The highest BCUT2D eigenvalue weighted by atomic mass is 16.3. The van der Waals surface area contributed by atoms with Crippen molar-refractivity contribution in [2.24, 2.45) is 0 Å². The van der Waals surface area contributed by atoms with Crippen molar-refractivity contribution >= 4 is 0 Å². The molecule has 1 heteroatoms. The van der Waals surface area contributed by atoms with Gasteiger partial charge in [0.25, 0.3) is 0 Å². The Morgan fingerprint density at radius 2 is 1.73 bits per heavy atom. The van der Waals surface area contributed by atoms with E-state index in [0.717, 1.165) is 11.1 Å². The molecule has 0 aromatic heterocycles. The van der Waals surface area contributed by atoms with Crippen LogP contribution in [0.3, 0.4) is 0 Å². The summed E-state index contributed by atoms with van der Waals surface area (Å²) in [5, 5.41) is 10.5. The average molecular weight is 202 g/mol. The van der Waals surface area contributed by atoms with Crippen molar-refractivity contribution in [1.82, 2.24) is 0 Å². The molecule has 0 heterocycles. The Hall–Kier alpha value is -1.34. The van der Waals surface area contributed by atoms with Crippen LogP contribution in [-0.4, -0.2) is 5.11 Å². The van der Waals surface area contributed by atoms with Gasteiger partial charge in [-0.25, -0.2) is 0 Å². The molecule has 0 aliphatic carbocycles. The topological polar surface area (TPSA) is 20.2 Å². The lowest BCUT2D eigenvalue weighted by atomic mass is 9.85. The maximum Gasteiger partial charge on any atom is 0.0967 e. The van der Waals surface area contributed by atoms with Crippen molar-refractivity contribution < 1.29 is 5.11 Å². The fourth-order valence-corrected chi connectivity index (χ4v) is 1.88. The van der Waals surface area contributed by atoms with Gasteiger partial charge in [-0.3, -0.25) is 0 Å². The van der Waals surface area contributed by atoms with Crippen molar-refractivity contribution in [3.05, 3.63) is 60.7 Å². The van der Waals surface area contributed by atoms with Gasteiger partial charge in [-0.05, 0) is 30.9 Å². The van der Waals surface area contributed by atoms with Crippen LogP contribution in [0.25, 0.3) is 0 Å². The number of aryl methyl sites for hydroxylation is 1. The zero-order valence-corrected chi connectivity index (χ0v) is 9.24. The van der Waals surface area contributed by atoms with Gasteiger partial charge in [0.15, 0.2) is 0 Å². The van der Waals surface area contributed by atoms with Gasteiger partial charge in [0.2, 0.25) is 0 Å². The molecule has 1 N–H and O–H groups in total.